The molecule has 0 bridgehead atoms. The Morgan fingerprint density at radius 1 is 1.14 bits per heavy atom. The minimum atomic E-state index is -4.45. The molecule has 3 heterocycles. The number of amides is 1. The van der Waals surface area contributed by atoms with Crippen molar-refractivity contribution in [3.8, 4) is 0 Å². The maximum absolute atomic E-state index is 13.2. The third-order valence-electron chi connectivity index (χ3n) is 5.86. The Morgan fingerprint density at radius 2 is 1.90 bits per heavy atom. The molecule has 5 nitrogen and oxygen atoms in total. The molecule has 0 radical (unpaired) electrons. The summed E-state index contributed by atoms with van der Waals surface area (Å²) in [6.45, 7) is 5.27. The van der Waals surface area contributed by atoms with Gasteiger partial charge in [-0.15, -0.1) is 0 Å². The van der Waals surface area contributed by atoms with E-state index < -0.39 is 11.7 Å². The Hall–Kier alpha value is -2.48. The van der Waals surface area contributed by atoms with Crippen molar-refractivity contribution in [3.05, 3.63) is 47.8 Å². The average molecular weight is 406 g/mol. The second kappa shape index (κ2) is 7.74. The van der Waals surface area contributed by atoms with Crippen molar-refractivity contribution < 1.29 is 18.0 Å². The molecular formula is C21H25F3N4O. The summed E-state index contributed by atoms with van der Waals surface area (Å²) in [5, 5.41) is 2.76. The molecular weight excluding hydrogens is 381 g/mol. The van der Waals surface area contributed by atoms with Gasteiger partial charge in [0.25, 0.3) is 0 Å². The first kappa shape index (κ1) is 19.8. The summed E-state index contributed by atoms with van der Waals surface area (Å²) in [6, 6.07) is 7.71. The van der Waals surface area contributed by atoms with Gasteiger partial charge in [0.2, 0.25) is 5.91 Å². The van der Waals surface area contributed by atoms with E-state index in [1.807, 2.05) is 35.1 Å². The van der Waals surface area contributed by atoms with E-state index in [0.717, 1.165) is 56.8 Å². The van der Waals surface area contributed by atoms with Gasteiger partial charge in [0, 0.05) is 44.1 Å². The van der Waals surface area contributed by atoms with Crippen LogP contribution in [0.3, 0.4) is 0 Å². The number of aromatic nitrogens is 1. The molecule has 4 rings (SSSR count). The molecule has 1 fully saturated rings. The summed E-state index contributed by atoms with van der Waals surface area (Å²) in [7, 11) is 0. The molecule has 1 N–H and O–H groups in total. The van der Waals surface area contributed by atoms with Gasteiger partial charge in [-0.05, 0) is 50.1 Å². The molecule has 1 aromatic heterocycles. The van der Waals surface area contributed by atoms with Crippen molar-refractivity contribution in [2.45, 2.75) is 38.5 Å². The third kappa shape index (κ3) is 4.12. The van der Waals surface area contributed by atoms with Crippen LogP contribution >= 0.6 is 0 Å². The largest absolute Gasteiger partial charge is 0.416 e. The zero-order valence-electron chi connectivity index (χ0n) is 16.4. The van der Waals surface area contributed by atoms with Crippen LogP contribution in [0.1, 0.15) is 37.1 Å². The predicted molar refractivity (Wildman–Crippen MR) is 106 cm³/mol. The van der Waals surface area contributed by atoms with Gasteiger partial charge in [-0.25, -0.2) is 0 Å². The highest BCUT2D eigenvalue weighted by atomic mass is 19.4. The van der Waals surface area contributed by atoms with Gasteiger partial charge in [-0.2, -0.15) is 13.2 Å². The zero-order chi connectivity index (χ0) is 20.6. The molecule has 1 atom stereocenters. The molecule has 2 aliphatic heterocycles. The number of carbonyl (C=O) groups is 1. The molecule has 2 aliphatic rings. The van der Waals surface area contributed by atoms with Crippen LogP contribution in [0, 0.1) is 0 Å². The fourth-order valence-electron chi connectivity index (χ4n) is 4.26. The van der Waals surface area contributed by atoms with Gasteiger partial charge in [0.05, 0.1) is 23.5 Å². The van der Waals surface area contributed by atoms with E-state index in [1.54, 1.807) is 0 Å². The number of anilines is 2. The van der Waals surface area contributed by atoms with Gasteiger partial charge in [-0.1, -0.05) is 0 Å². The third-order valence-corrected chi connectivity index (χ3v) is 5.86. The molecule has 0 saturated carbocycles. The maximum atomic E-state index is 13.2. The number of carbonyl (C=O) groups excluding carboxylic acids is 1. The highest BCUT2D eigenvalue weighted by Crippen LogP contribution is 2.36. The standard InChI is InChI=1S/C21H25F3N4O/c1-15-18-5-4-10-27(18)11-12-28(15)14-20(29)25-17-13-16(21(22,23)24)6-7-19(17)26-8-2-3-9-26/h4-7,10,13,15H,2-3,8-9,11-12,14H2,1H3,(H,25,29). The summed E-state index contributed by atoms with van der Waals surface area (Å²) in [6.07, 6.45) is -0.428. The number of benzene rings is 1. The summed E-state index contributed by atoms with van der Waals surface area (Å²) in [5.41, 5.74) is 1.28. The van der Waals surface area contributed by atoms with Crippen LogP contribution in [-0.2, 0) is 17.5 Å². The number of alkyl halides is 3. The molecule has 0 aliphatic carbocycles. The second-order valence-corrected chi connectivity index (χ2v) is 7.74. The fourth-order valence-corrected chi connectivity index (χ4v) is 4.26. The van der Waals surface area contributed by atoms with Crippen molar-refractivity contribution in [2.75, 3.05) is 36.4 Å². The molecule has 1 aromatic carbocycles. The fraction of sp³-hybridized carbons (Fsp3) is 0.476. The first-order valence-corrected chi connectivity index (χ1v) is 9.98. The Balaban J connectivity index is 1.52. The van der Waals surface area contributed by atoms with Crippen LogP contribution in [0.4, 0.5) is 24.5 Å². The highest BCUT2D eigenvalue weighted by Gasteiger charge is 2.32. The number of rotatable bonds is 4. The number of halogens is 3. The van der Waals surface area contributed by atoms with E-state index in [2.05, 4.69) is 9.88 Å². The van der Waals surface area contributed by atoms with E-state index in [9.17, 15) is 18.0 Å². The first-order valence-electron chi connectivity index (χ1n) is 9.98. The lowest BCUT2D eigenvalue weighted by molar-refractivity contribution is -0.137. The molecule has 1 unspecified atom stereocenters. The number of nitrogens with one attached hydrogen (secondary N) is 1. The van der Waals surface area contributed by atoms with Crippen molar-refractivity contribution in [3.63, 3.8) is 0 Å². The van der Waals surface area contributed by atoms with Crippen LogP contribution < -0.4 is 10.2 Å². The Labute approximate surface area is 168 Å². The topological polar surface area (TPSA) is 40.5 Å². The lowest BCUT2D eigenvalue weighted by Gasteiger charge is -2.34. The summed E-state index contributed by atoms with van der Waals surface area (Å²) >= 11 is 0. The van der Waals surface area contributed by atoms with Crippen LogP contribution in [0.15, 0.2) is 36.5 Å². The molecule has 2 aromatic rings. The maximum Gasteiger partial charge on any atom is 0.416 e. The van der Waals surface area contributed by atoms with Crippen LogP contribution in [0.5, 0.6) is 0 Å². The molecule has 29 heavy (non-hydrogen) atoms. The molecule has 0 spiro atoms. The zero-order valence-corrected chi connectivity index (χ0v) is 16.4. The van der Waals surface area contributed by atoms with Crippen LogP contribution in [0.2, 0.25) is 0 Å². The smallest absolute Gasteiger partial charge is 0.370 e. The second-order valence-electron chi connectivity index (χ2n) is 7.74. The van der Waals surface area contributed by atoms with Gasteiger partial charge in [0.1, 0.15) is 0 Å². The average Bonchev–Trinajstić information content (AvgIpc) is 3.35. The first-order chi connectivity index (χ1) is 13.8. The van der Waals surface area contributed by atoms with Crippen molar-refractivity contribution >= 4 is 17.3 Å². The van der Waals surface area contributed by atoms with Crippen molar-refractivity contribution in [2.24, 2.45) is 0 Å². The number of nitrogens with zero attached hydrogens (tertiary/aromatic N) is 3. The molecule has 1 saturated heterocycles. The summed E-state index contributed by atoms with van der Waals surface area (Å²) in [4.78, 5) is 16.8. The molecule has 1 amide bonds. The van der Waals surface area contributed by atoms with E-state index in [4.69, 9.17) is 0 Å². The van der Waals surface area contributed by atoms with E-state index in [1.165, 1.54) is 6.07 Å². The minimum Gasteiger partial charge on any atom is -0.370 e. The van der Waals surface area contributed by atoms with Crippen LogP contribution in [0.25, 0.3) is 0 Å². The van der Waals surface area contributed by atoms with Gasteiger partial charge in [0.15, 0.2) is 0 Å². The summed E-state index contributed by atoms with van der Waals surface area (Å²) < 4.78 is 41.8. The molecule has 8 heteroatoms. The highest BCUT2D eigenvalue weighted by molar-refractivity contribution is 5.96. The number of fused-ring (bicyclic) bond motifs is 1. The number of hydrogen-bond donors (Lipinski definition) is 1. The Kier molecular flexibility index (Phi) is 5.29. The minimum absolute atomic E-state index is 0.0732. The Morgan fingerprint density at radius 3 is 2.62 bits per heavy atom. The van der Waals surface area contributed by atoms with Crippen LogP contribution in [-0.4, -0.2) is 41.6 Å². The van der Waals surface area contributed by atoms with Gasteiger partial charge < -0.3 is 14.8 Å². The Bertz CT molecular complexity index is 886. The quantitative estimate of drug-likeness (QED) is 0.830. The van der Waals surface area contributed by atoms with E-state index in [0.29, 0.717) is 5.69 Å². The predicted octanol–water partition coefficient (Wildman–Crippen LogP) is 4.12. The SMILES string of the molecule is CC1c2cccn2CCN1CC(=O)Nc1cc(C(F)(F)F)ccc1N1CCCC1. The lowest BCUT2D eigenvalue weighted by atomic mass is 10.1. The van der Waals surface area contributed by atoms with E-state index >= 15 is 0 Å². The van der Waals surface area contributed by atoms with Gasteiger partial charge in [-0.3, -0.25) is 9.69 Å². The van der Waals surface area contributed by atoms with Gasteiger partial charge >= 0.3 is 6.18 Å². The monoisotopic (exact) mass is 406 g/mol. The van der Waals surface area contributed by atoms with Crippen molar-refractivity contribution in [1.82, 2.24) is 9.47 Å². The summed E-state index contributed by atoms with van der Waals surface area (Å²) in [5.74, 6) is -0.295. The normalized spacial score (nSPS) is 20.0. The van der Waals surface area contributed by atoms with Crippen molar-refractivity contribution in [1.29, 1.82) is 0 Å². The lowest BCUT2D eigenvalue weighted by Crippen LogP contribution is -2.41. The van der Waals surface area contributed by atoms with E-state index in [-0.39, 0.29) is 24.2 Å². The number of hydrogen-bond acceptors (Lipinski definition) is 3. The molecule has 156 valence electrons.